The van der Waals surface area contributed by atoms with Crippen molar-refractivity contribution in [2.75, 3.05) is 0 Å². The van der Waals surface area contributed by atoms with Crippen LogP contribution in [0.3, 0.4) is 0 Å². The molecule has 0 aromatic heterocycles. The number of carbonyl (C=O) groups excluding carboxylic acids is 1. The molecular formula is C25H26CrO4. The Morgan fingerprint density at radius 3 is 2.10 bits per heavy atom. The first-order chi connectivity index (χ1) is 14.2. The Morgan fingerprint density at radius 1 is 0.967 bits per heavy atom. The molecule has 30 heavy (non-hydrogen) atoms. The van der Waals surface area contributed by atoms with E-state index in [0.29, 0.717) is 11.7 Å². The largest absolute Gasteiger partial charge is 0 e. The molecule has 2 aromatic carbocycles. The number of aryl methyl sites for hydroxylation is 2. The maximum atomic E-state index is 13.1. The first-order valence-electron chi connectivity index (χ1n) is 9.50. The molecule has 0 unspecified atom stereocenters. The summed E-state index contributed by atoms with van der Waals surface area (Å²) in [6, 6.07) is 17.0. The first kappa shape index (κ1) is 30.1. The summed E-state index contributed by atoms with van der Waals surface area (Å²) >= 11 is 0. The predicted molar refractivity (Wildman–Crippen MR) is 108 cm³/mol. The minimum absolute atomic E-state index is 0. The van der Waals surface area contributed by atoms with E-state index >= 15 is 0 Å². The molecule has 0 spiro atoms. The molecule has 0 amide bonds. The van der Waals surface area contributed by atoms with Gasteiger partial charge in [0.1, 0.15) is 0 Å². The van der Waals surface area contributed by atoms with Gasteiger partial charge < -0.3 is 0 Å². The fourth-order valence-electron chi connectivity index (χ4n) is 3.84. The van der Waals surface area contributed by atoms with E-state index < -0.39 is 0 Å². The number of unbranched alkanes of at least 4 members (excludes halogenated alkanes) is 1. The second kappa shape index (κ2) is 17.7. The van der Waals surface area contributed by atoms with Gasteiger partial charge in [0.2, 0.25) is 0 Å². The van der Waals surface area contributed by atoms with Gasteiger partial charge in [0.25, 0.3) is 0 Å². The number of ketones is 1. The van der Waals surface area contributed by atoms with Gasteiger partial charge in [0.15, 0.2) is 5.78 Å². The second-order valence-corrected chi connectivity index (χ2v) is 6.83. The molecule has 156 valence electrons. The second-order valence-electron chi connectivity index (χ2n) is 6.83. The van der Waals surface area contributed by atoms with E-state index in [2.05, 4.69) is 64.1 Å². The van der Waals surface area contributed by atoms with Crippen molar-refractivity contribution >= 4 is 5.78 Å². The molecule has 2 atom stereocenters. The van der Waals surface area contributed by atoms with Crippen LogP contribution >= 0.6 is 0 Å². The average Bonchev–Trinajstić information content (AvgIpc) is 2.80. The molecule has 5 heteroatoms. The Labute approximate surface area is 190 Å². The van der Waals surface area contributed by atoms with E-state index in [1.165, 1.54) is 29.5 Å². The van der Waals surface area contributed by atoms with Crippen LogP contribution in [0, 0.1) is 32.8 Å². The number of benzene rings is 2. The number of rotatable bonds is 5. The van der Waals surface area contributed by atoms with Crippen LogP contribution in [0.15, 0.2) is 48.5 Å². The van der Waals surface area contributed by atoms with Crippen LogP contribution in [0.25, 0.3) is 0 Å². The number of hydrogen-bond donors (Lipinski definition) is 0. The van der Waals surface area contributed by atoms with Gasteiger partial charge in [-0.15, -0.1) is 0 Å². The van der Waals surface area contributed by atoms with Gasteiger partial charge in [-0.2, -0.15) is 0 Å². The minimum atomic E-state index is 0. The zero-order valence-corrected chi connectivity index (χ0v) is 18.6. The van der Waals surface area contributed by atoms with Crippen molar-refractivity contribution in [3.63, 3.8) is 0 Å². The minimum Gasteiger partial charge on any atom is 0 e. The van der Waals surface area contributed by atoms with Gasteiger partial charge in [-0.25, -0.2) is 0 Å². The molecule has 0 saturated carbocycles. The maximum absolute atomic E-state index is 13.1. The van der Waals surface area contributed by atoms with E-state index in [1.807, 2.05) is 18.2 Å². The summed E-state index contributed by atoms with van der Waals surface area (Å²) in [6.07, 6.45) is 5.49. The summed E-state index contributed by atoms with van der Waals surface area (Å²) in [5, 5.41) is 0. The van der Waals surface area contributed by atoms with Crippen LogP contribution in [-0.4, -0.2) is 5.78 Å². The van der Waals surface area contributed by atoms with Crippen molar-refractivity contribution in [2.45, 2.75) is 51.9 Å². The SMILES string of the molecule is CCCC[C@H](c1ccc(C)cc1)[C@@H]1CCc2ccccc2C1=O.[C-]#[O+].[C-]#[O+].[C-]#[O+].[Cr]. The van der Waals surface area contributed by atoms with Crippen LogP contribution in [0.2, 0.25) is 0 Å². The zero-order chi connectivity index (χ0) is 22.2. The van der Waals surface area contributed by atoms with Crippen molar-refractivity contribution in [3.8, 4) is 0 Å². The van der Waals surface area contributed by atoms with Gasteiger partial charge in [-0.05, 0) is 43.2 Å². The Balaban J connectivity index is 0. The summed E-state index contributed by atoms with van der Waals surface area (Å²) in [7, 11) is 0. The third kappa shape index (κ3) is 8.31. The monoisotopic (exact) mass is 442 g/mol. The van der Waals surface area contributed by atoms with Crippen LogP contribution < -0.4 is 0 Å². The van der Waals surface area contributed by atoms with Gasteiger partial charge >= 0.3 is 33.9 Å². The van der Waals surface area contributed by atoms with E-state index in [0.717, 1.165) is 24.8 Å². The number of carbonyl (C=O) groups is 1. The molecule has 0 saturated heterocycles. The van der Waals surface area contributed by atoms with Gasteiger partial charge in [-0.1, -0.05) is 73.9 Å². The molecule has 2 aromatic rings. The smallest absolute Gasteiger partial charge is 0 e. The van der Waals surface area contributed by atoms with Gasteiger partial charge in [-0.3, -0.25) is 4.79 Å². The third-order valence-corrected chi connectivity index (χ3v) is 5.20. The first-order valence-corrected chi connectivity index (χ1v) is 9.50. The number of fused-ring (bicyclic) bond motifs is 1. The van der Waals surface area contributed by atoms with Gasteiger partial charge in [0.05, 0.1) is 0 Å². The molecule has 0 heterocycles. The summed E-state index contributed by atoms with van der Waals surface area (Å²) in [5.41, 5.74) is 4.80. The molecule has 0 radical (unpaired) electrons. The molecule has 0 bridgehead atoms. The average molecular weight is 442 g/mol. The topological polar surface area (TPSA) is 76.8 Å². The fourth-order valence-corrected chi connectivity index (χ4v) is 3.84. The summed E-state index contributed by atoms with van der Waals surface area (Å²) in [5.74, 6) is 0.851. The van der Waals surface area contributed by atoms with Gasteiger partial charge in [0, 0.05) is 28.8 Å². The molecule has 0 fully saturated rings. The van der Waals surface area contributed by atoms with Crippen LogP contribution in [-0.2, 0) is 37.7 Å². The van der Waals surface area contributed by atoms with Crippen molar-refractivity contribution in [1.82, 2.24) is 0 Å². The van der Waals surface area contributed by atoms with Crippen LogP contribution in [0.5, 0.6) is 0 Å². The fraction of sp³-hybridized carbons (Fsp3) is 0.360. The third-order valence-electron chi connectivity index (χ3n) is 5.20. The number of hydrogen-bond acceptors (Lipinski definition) is 1. The Morgan fingerprint density at radius 2 is 1.53 bits per heavy atom. The normalized spacial score (nSPS) is 14.4. The van der Waals surface area contributed by atoms with Crippen molar-refractivity contribution in [3.05, 3.63) is 90.7 Å². The molecule has 3 rings (SSSR count). The summed E-state index contributed by atoms with van der Waals surface area (Å²) < 4.78 is 22.5. The Bertz CT molecular complexity index is 792. The number of Topliss-reactive ketones (excluding diaryl/α,β-unsaturated/α-hetero) is 1. The van der Waals surface area contributed by atoms with E-state index in [-0.39, 0.29) is 23.3 Å². The van der Waals surface area contributed by atoms with Crippen molar-refractivity contribution in [1.29, 1.82) is 0 Å². The summed E-state index contributed by atoms with van der Waals surface area (Å²) in [6.45, 7) is 17.8. The van der Waals surface area contributed by atoms with Crippen molar-refractivity contribution < 1.29 is 36.1 Å². The van der Waals surface area contributed by atoms with Crippen LogP contribution in [0.1, 0.15) is 65.6 Å². The van der Waals surface area contributed by atoms with E-state index in [9.17, 15) is 4.79 Å². The standard InChI is InChI=1S/C22H26O.3CO.Cr/c1-3-4-8-19(18-12-10-16(2)11-13-18)21-15-14-17-7-5-6-9-20(17)22(21)23;3*1-2;/h5-7,9-13,19,21H,3-4,8,14-15H2,1-2H3;;;;/t19-,21+;;;;/m1..../s1. The maximum Gasteiger partial charge on any atom is 0 e. The molecule has 0 N–H and O–H groups in total. The Hall–Kier alpha value is -2.14. The van der Waals surface area contributed by atoms with E-state index in [1.54, 1.807) is 0 Å². The Kier molecular flexibility index (Phi) is 17.7. The molecule has 4 nitrogen and oxygen atoms in total. The quantitative estimate of drug-likeness (QED) is 0.439. The summed E-state index contributed by atoms with van der Waals surface area (Å²) in [4.78, 5) is 13.1. The molecule has 0 aliphatic heterocycles. The molecule has 1 aliphatic rings. The predicted octanol–water partition coefficient (Wildman–Crippen LogP) is 5.60. The zero-order valence-electron chi connectivity index (χ0n) is 17.4. The molecular weight excluding hydrogens is 416 g/mol. The van der Waals surface area contributed by atoms with Crippen LogP contribution in [0.4, 0.5) is 0 Å². The van der Waals surface area contributed by atoms with E-state index in [4.69, 9.17) is 14.0 Å². The molecule has 1 aliphatic carbocycles. The van der Waals surface area contributed by atoms with Crippen molar-refractivity contribution in [2.24, 2.45) is 5.92 Å².